The highest BCUT2D eigenvalue weighted by atomic mass is 16.5. The molecule has 0 unspecified atom stereocenters. The molecule has 1 heterocycles. The SMILES string of the molecule is Cc1c(C(=O)O[C@H]2CC[C@@]3(C)C(=CC[C@H]4[C@@H]5CC[C@H]([C@H](C)CCCC(C)C)[C@@]5(C)CC[C@@H]43)C2)nnn1-c1ccc(C#N)cc1. The van der Waals surface area contributed by atoms with Gasteiger partial charge in [-0.05, 0) is 122 Å². The van der Waals surface area contributed by atoms with Gasteiger partial charge in [-0.15, -0.1) is 5.10 Å². The fraction of sp³-hybridized carbons (Fsp3) is 0.684. The minimum Gasteiger partial charge on any atom is -0.457 e. The topological polar surface area (TPSA) is 80.8 Å². The molecule has 0 bridgehead atoms. The van der Waals surface area contributed by atoms with Crippen LogP contribution in [0.2, 0.25) is 0 Å². The first-order valence-electron chi connectivity index (χ1n) is 17.4. The van der Waals surface area contributed by atoms with Crippen LogP contribution in [0.1, 0.15) is 127 Å². The van der Waals surface area contributed by atoms with E-state index in [2.05, 4.69) is 57.1 Å². The normalized spacial score (nSPS) is 33.5. The van der Waals surface area contributed by atoms with Crippen LogP contribution in [0.15, 0.2) is 35.9 Å². The summed E-state index contributed by atoms with van der Waals surface area (Å²) in [7, 11) is 0. The Hall–Kier alpha value is -2.94. The van der Waals surface area contributed by atoms with Crippen molar-refractivity contribution in [2.75, 3.05) is 0 Å². The van der Waals surface area contributed by atoms with Gasteiger partial charge in [0.1, 0.15) is 6.10 Å². The lowest BCUT2D eigenvalue weighted by Gasteiger charge is -2.58. The summed E-state index contributed by atoms with van der Waals surface area (Å²) in [6.07, 6.45) is 16.2. The quantitative estimate of drug-likeness (QED) is 0.224. The molecule has 0 amide bonds. The Morgan fingerprint density at radius 2 is 1.84 bits per heavy atom. The first kappa shape index (κ1) is 31.1. The van der Waals surface area contributed by atoms with Crippen molar-refractivity contribution in [1.29, 1.82) is 5.26 Å². The number of rotatable bonds is 8. The summed E-state index contributed by atoms with van der Waals surface area (Å²) in [6, 6.07) is 9.23. The van der Waals surface area contributed by atoms with E-state index < -0.39 is 5.97 Å². The number of fused-ring (bicyclic) bond motifs is 5. The summed E-state index contributed by atoms with van der Waals surface area (Å²) >= 11 is 0. The Morgan fingerprint density at radius 1 is 1.07 bits per heavy atom. The number of benzene rings is 1. The van der Waals surface area contributed by atoms with E-state index in [1.54, 1.807) is 16.8 Å². The van der Waals surface area contributed by atoms with Gasteiger partial charge >= 0.3 is 5.97 Å². The van der Waals surface area contributed by atoms with Gasteiger partial charge in [0.25, 0.3) is 0 Å². The highest BCUT2D eigenvalue weighted by Gasteiger charge is 2.59. The van der Waals surface area contributed by atoms with Crippen LogP contribution in [0.25, 0.3) is 5.69 Å². The summed E-state index contributed by atoms with van der Waals surface area (Å²) in [6.45, 7) is 14.3. The zero-order valence-electron chi connectivity index (χ0n) is 27.8. The van der Waals surface area contributed by atoms with Crippen molar-refractivity contribution in [2.45, 2.75) is 118 Å². The van der Waals surface area contributed by atoms with Crippen molar-refractivity contribution in [3.8, 4) is 11.8 Å². The number of hydrogen-bond acceptors (Lipinski definition) is 5. The largest absolute Gasteiger partial charge is 0.457 e. The molecule has 8 atom stereocenters. The van der Waals surface area contributed by atoms with Crippen LogP contribution in [0.4, 0.5) is 0 Å². The minimum absolute atomic E-state index is 0.116. The van der Waals surface area contributed by atoms with Gasteiger partial charge in [-0.3, -0.25) is 0 Å². The molecular formula is C38H52N4O2. The number of ether oxygens (including phenoxy) is 1. The zero-order chi connectivity index (χ0) is 31.2. The summed E-state index contributed by atoms with van der Waals surface area (Å²) in [5.41, 5.74) is 4.51. The maximum Gasteiger partial charge on any atom is 0.361 e. The minimum atomic E-state index is -0.391. The van der Waals surface area contributed by atoms with Crippen molar-refractivity contribution in [1.82, 2.24) is 15.0 Å². The summed E-state index contributed by atoms with van der Waals surface area (Å²) in [5.74, 6) is 4.55. The highest BCUT2D eigenvalue weighted by molar-refractivity contribution is 5.88. The molecule has 0 saturated heterocycles. The Kier molecular flexibility index (Phi) is 8.54. The number of nitriles is 1. The number of esters is 1. The fourth-order valence-corrected chi connectivity index (χ4v) is 10.4. The summed E-state index contributed by atoms with van der Waals surface area (Å²) in [4.78, 5) is 13.3. The molecule has 6 nitrogen and oxygen atoms in total. The van der Waals surface area contributed by atoms with Crippen LogP contribution >= 0.6 is 0 Å². The lowest BCUT2D eigenvalue weighted by atomic mass is 9.47. The molecule has 0 radical (unpaired) electrons. The van der Waals surface area contributed by atoms with Crippen LogP contribution in [0.3, 0.4) is 0 Å². The molecule has 0 N–H and O–H groups in total. The van der Waals surface area contributed by atoms with Gasteiger partial charge in [0, 0.05) is 6.42 Å². The van der Waals surface area contributed by atoms with Gasteiger partial charge in [-0.2, -0.15) is 5.26 Å². The molecule has 44 heavy (non-hydrogen) atoms. The second kappa shape index (κ2) is 12.1. The highest BCUT2D eigenvalue weighted by Crippen LogP contribution is 2.67. The fourth-order valence-electron chi connectivity index (χ4n) is 10.4. The molecule has 3 saturated carbocycles. The third-order valence-corrected chi connectivity index (χ3v) is 12.9. The van der Waals surface area contributed by atoms with Crippen LogP contribution in [-0.4, -0.2) is 27.1 Å². The Balaban J connectivity index is 1.11. The van der Waals surface area contributed by atoms with Gasteiger partial charge in [-0.1, -0.05) is 70.7 Å². The molecule has 6 heteroatoms. The summed E-state index contributed by atoms with van der Waals surface area (Å²) in [5, 5.41) is 17.5. The van der Waals surface area contributed by atoms with Crippen LogP contribution in [-0.2, 0) is 4.74 Å². The molecule has 2 aromatic rings. The van der Waals surface area contributed by atoms with Crippen molar-refractivity contribution in [3.63, 3.8) is 0 Å². The number of aromatic nitrogens is 3. The van der Waals surface area contributed by atoms with E-state index in [0.717, 1.165) is 60.5 Å². The number of nitrogens with zero attached hydrogens (tertiary/aromatic N) is 4. The maximum atomic E-state index is 13.3. The van der Waals surface area contributed by atoms with Crippen molar-refractivity contribution >= 4 is 5.97 Å². The maximum absolute atomic E-state index is 13.3. The van der Waals surface area contributed by atoms with Crippen LogP contribution in [0.5, 0.6) is 0 Å². The van der Waals surface area contributed by atoms with E-state index in [-0.39, 0.29) is 17.2 Å². The molecule has 0 spiro atoms. The van der Waals surface area contributed by atoms with Gasteiger partial charge in [-0.25, -0.2) is 9.48 Å². The molecule has 1 aromatic carbocycles. The molecule has 1 aromatic heterocycles. The summed E-state index contributed by atoms with van der Waals surface area (Å²) < 4.78 is 7.74. The zero-order valence-corrected chi connectivity index (χ0v) is 27.8. The number of carbonyl (C=O) groups excluding carboxylic acids is 1. The van der Waals surface area contributed by atoms with Gasteiger partial charge in [0.05, 0.1) is 23.0 Å². The predicted molar refractivity (Wildman–Crippen MR) is 173 cm³/mol. The number of hydrogen-bond donors (Lipinski definition) is 0. The van der Waals surface area contributed by atoms with Crippen LogP contribution in [0, 0.1) is 64.6 Å². The first-order valence-corrected chi connectivity index (χ1v) is 17.4. The van der Waals surface area contributed by atoms with E-state index in [4.69, 9.17) is 10.00 Å². The van der Waals surface area contributed by atoms with Gasteiger partial charge in [0.15, 0.2) is 5.69 Å². The van der Waals surface area contributed by atoms with E-state index >= 15 is 0 Å². The number of allylic oxidation sites excluding steroid dienone is 1. The standard InChI is InChI=1S/C38H52N4O2/c1-24(2)8-7-9-25(3)32-16-17-33-31-15-12-28-22-30(18-20-37(28,5)34(31)19-21-38(32,33)6)44-36(43)35-26(4)42(41-40-35)29-13-10-27(23-39)11-14-29/h10-14,24-25,30-34H,7-9,15-22H2,1-6H3/t25-,30+,31+,32-,33+,34+,37+,38-/m1/s1. The predicted octanol–water partition coefficient (Wildman–Crippen LogP) is 9.01. The molecule has 6 rings (SSSR count). The third kappa shape index (κ3) is 5.43. The molecule has 236 valence electrons. The average Bonchev–Trinajstić information content (AvgIpc) is 3.56. The third-order valence-electron chi connectivity index (χ3n) is 12.9. The Bertz CT molecular complexity index is 1430. The van der Waals surface area contributed by atoms with E-state index in [1.165, 1.54) is 56.9 Å². The number of carbonyl (C=O) groups is 1. The Morgan fingerprint density at radius 3 is 2.57 bits per heavy atom. The lowest BCUT2D eigenvalue weighted by Crippen LogP contribution is -2.51. The van der Waals surface area contributed by atoms with Crippen molar-refractivity contribution in [2.24, 2.45) is 46.3 Å². The van der Waals surface area contributed by atoms with Crippen molar-refractivity contribution < 1.29 is 9.53 Å². The monoisotopic (exact) mass is 596 g/mol. The van der Waals surface area contributed by atoms with E-state index in [0.29, 0.717) is 16.7 Å². The van der Waals surface area contributed by atoms with Gasteiger partial charge in [0.2, 0.25) is 0 Å². The second-order valence-corrected chi connectivity index (χ2v) is 15.7. The molecule has 4 aliphatic carbocycles. The van der Waals surface area contributed by atoms with E-state index in [9.17, 15) is 4.79 Å². The molecule has 0 aliphatic heterocycles. The van der Waals surface area contributed by atoms with Gasteiger partial charge < -0.3 is 4.74 Å². The molecular weight excluding hydrogens is 544 g/mol. The average molecular weight is 597 g/mol. The molecule has 4 aliphatic rings. The van der Waals surface area contributed by atoms with E-state index in [1.807, 2.05) is 19.1 Å². The second-order valence-electron chi connectivity index (χ2n) is 15.7. The molecule has 3 fully saturated rings. The van der Waals surface area contributed by atoms with Crippen LogP contribution < -0.4 is 0 Å². The smallest absolute Gasteiger partial charge is 0.361 e. The first-order chi connectivity index (χ1) is 21.0. The van der Waals surface area contributed by atoms with Crippen molar-refractivity contribution in [3.05, 3.63) is 52.9 Å². The Labute approximate surface area is 264 Å². The lowest BCUT2D eigenvalue weighted by molar-refractivity contribution is -0.0595.